The molecule has 1 N–H and O–H groups in total. The van der Waals surface area contributed by atoms with Crippen LogP contribution < -0.4 is 0 Å². The van der Waals surface area contributed by atoms with Gasteiger partial charge < -0.3 is 10.0 Å². The second-order valence-corrected chi connectivity index (χ2v) is 6.10. The number of benzene rings is 1. The summed E-state index contributed by atoms with van der Waals surface area (Å²) in [5.41, 5.74) is 0.598. The highest BCUT2D eigenvalue weighted by molar-refractivity contribution is 8.93. The number of hydrogen-bond donors (Lipinski definition) is 1. The lowest BCUT2D eigenvalue weighted by Crippen LogP contribution is -2.47. The summed E-state index contributed by atoms with van der Waals surface area (Å²) < 4.78 is 0. The van der Waals surface area contributed by atoms with E-state index in [2.05, 4.69) is 11.8 Å². The van der Waals surface area contributed by atoms with E-state index >= 15 is 0 Å². The van der Waals surface area contributed by atoms with Gasteiger partial charge in [0.25, 0.3) is 0 Å². The zero-order chi connectivity index (χ0) is 15.3. The van der Waals surface area contributed by atoms with Gasteiger partial charge in [-0.15, -0.1) is 17.0 Å². The summed E-state index contributed by atoms with van der Waals surface area (Å²) in [6, 6.07) is 7.28. The van der Waals surface area contributed by atoms with Gasteiger partial charge in [0.2, 0.25) is 0 Å². The Balaban J connectivity index is 0.00000242. The standard InChI is InChI=1S/C18H27NO2.BrH/c1-3-5-11-19-12-9-18(10-13-19,17(21)4-2)15-7-6-8-16(20)14-15;/h6-8,14,20H,3-5,9-13H2,1-2H3;1H. The minimum absolute atomic E-state index is 0. The maximum absolute atomic E-state index is 12.6. The fourth-order valence-electron chi connectivity index (χ4n) is 3.41. The molecule has 124 valence electrons. The van der Waals surface area contributed by atoms with Gasteiger partial charge in [0.05, 0.1) is 5.41 Å². The van der Waals surface area contributed by atoms with Crippen molar-refractivity contribution in [1.82, 2.24) is 4.90 Å². The van der Waals surface area contributed by atoms with Crippen molar-refractivity contribution in [2.45, 2.75) is 51.4 Å². The molecule has 1 fully saturated rings. The number of phenols is 1. The highest BCUT2D eigenvalue weighted by Gasteiger charge is 2.41. The van der Waals surface area contributed by atoms with Crippen LogP contribution in [0.4, 0.5) is 0 Å². The molecule has 0 spiro atoms. The third-order valence-electron chi connectivity index (χ3n) is 4.79. The molecule has 0 aliphatic carbocycles. The molecule has 1 heterocycles. The Morgan fingerprint density at radius 2 is 1.95 bits per heavy atom. The number of hydrogen-bond acceptors (Lipinski definition) is 3. The number of unbranched alkanes of at least 4 members (excludes halogenated alkanes) is 1. The summed E-state index contributed by atoms with van der Waals surface area (Å²) in [5, 5.41) is 9.76. The molecule has 0 aromatic heterocycles. The first-order chi connectivity index (χ1) is 10.1. The van der Waals surface area contributed by atoms with Crippen LogP contribution in [0.3, 0.4) is 0 Å². The first-order valence-corrected chi connectivity index (χ1v) is 8.17. The molecule has 0 amide bonds. The van der Waals surface area contributed by atoms with Crippen molar-refractivity contribution < 1.29 is 9.90 Å². The smallest absolute Gasteiger partial charge is 0.143 e. The summed E-state index contributed by atoms with van der Waals surface area (Å²) >= 11 is 0. The zero-order valence-electron chi connectivity index (χ0n) is 13.7. The fourth-order valence-corrected chi connectivity index (χ4v) is 3.41. The molecule has 0 unspecified atom stereocenters. The number of rotatable bonds is 6. The second-order valence-electron chi connectivity index (χ2n) is 6.10. The van der Waals surface area contributed by atoms with E-state index in [-0.39, 0.29) is 22.7 Å². The van der Waals surface area contributed by atoms with Crippen LogP contribution in [0.25, 0.3) is 0 Å². The SMILES string of the molecule is Br.CCCCN1CCC(C(=O)CC)(c2cccc(O)c2)CC1. The van der Waals surface area contributed by atoms with Gasteiger partial charge in [-0.3, -0.25) is 4.79 Å². The van der Waals surface area contributed by atoms with Crippen LogP contribution in [-0.2, 0) is 10.2 Å². The van der Waals surface area contributed by atoms with Gasteiger partial charge in [0.15, 0.2) is 0 Å². The summed E-state index contributed by atoms with van der Waals surface area (Å²) in [6.07, 6.45) is 4.73. The summed E-state index contributed by atoms with van der Waals surface area (Å²) in [7, 11) is 0. The molecule has 3 nitrogen and oxygen atoms in total. The Hall–Kier alpha value is -0.870. The number of nitrogens with zero attached hydrogens (tertiary/aromatic N) is 1. The van der Waals surface area contributed by atoms with Crippen LogP contribution in [0, 0.1) is 0 Å². The van der Waals surface area contributed by atoms with E-state index in [0.717, 1.165) is 38.0 Å². The minimum Gasteiger partial charge on any atom is -0.508 e. The maximum Gasteiger partial charge on any atom is 0.143 e. The van der Waals surface area contributed by atoms with E-state index in [1.807, 2.05) is 19.1 Å². The lowest BCUT2D eigenvalue weighted by Gasteiger charge is -2.41. The van der Waals surface area contributed by atoms with E-state index in [1.54, 1.807) is 12.1 Å². The molecule has 1 aromatic rings. The molecule has 1 aliphatic heterocycles. The lowest BCUT2D eigenvalue weighted by atomic mass is 9.69. The second kappa shape index (κ2) is 8.68. The van der Waals surface area contributed by atoms with E-state index in [0.29, 0.717) is 12.2 Å². The third-order valence-corrected chi connectivity index (χ3v) is 4.79. The van der Waals surface area contributed by atoms with Gasteiger partial charge in [-0.25, -0.2) is 0 Å². The maximum atomic E-state index is 12.6. The molecular formula is C18H28BrNO2. The van der Waals surface area contributed by atoms with E-state index in [1.165, 1.54) is 12.8 Å². The number of Topliss-reactive ketones (excluding diaryl/α,β-unsaturated/α-hetero) is 1. The predicted molar refractivity (Wildman–Crippen MR) is 96.0 cm³/mol. The van der Waals surface area contributed by atoms with Gasteiger partial charge in [-0.2, -0.15) is 0 Å². The van der Waals surface area contributed by atoms with E-state index in [9.17, 15) is 9.90 Å². The zero-order valence-corrected chi connectivity index (χ0v) is 15.4. The molecule has 22 heavy (non-hydrogen) atoms. The molecule has 0 bridgehead atoms. The molecule has 1 saturated heterocycles. The first-order valence-electron chi connectivity index (χ1n) is 8.17. The number of likely N-dealkylation sites (tertiary alicyclic amines) is 1. The van der Waals surface area contributed by atoms with Gasteiger partial charge in [-0.05, 0) is 56.6 Å². The molecule has 2 rings (SSSR count). The fraction of sp³-hybridized carbons (Fsp3) is 0.611. The molecule has 0 radical (unpaired) electrons. The summed E-state index contributed by atoms with van der Waals surface area (Å²) in [6.45, 7) is 7.23. The van der Waals surface area contributed by atoms with Crippen LogP contribution >= 0.6 is 17.0 Å². The van der Waals surface area contributed by atoms with Crippen LogP contribution in [0.1, 0.15) is 51.5 Å². The Morgan fingerprint density at radius 1 is 1.27 bits per heavy atom. The molecule has 4 heteroatoms. The first kappa shape index (κ1) is 19.2. The number of halogens is 1. The number of ketones is 1. The molecular weight excluding hydrogens is 342 g/mol. The van der Waals surface area contributed by atoms with Gasteiger partial charge in [0.1, 0.15) is 11.5 Å². The highest BCUT2D eigenvalue weighted by atomic mass is 79.9. The van der Waals surface area contributed by atoms with Crippen molar-refractivity contribution in [2.24, 2.45) is 0 Å². The number of carbonyl (C=O) groups excluding carboxylic acids is 1. The van der Waals surface area contributed by atoms with Crippen LogP contribution in [0.5, 0.6) is 5.75 Å². The normalized spacial score (nSPS) is 17.7. The minimum atomic E-state index is -0.393. The topological polar surface area (TPSA) is 40.5 Å². The average Bonchev–Trinajstić information content (AvgIpc) is 2.52. The lowest BCUT2D eigenvalue weighted by molar-refractivity contribution is -0.126. The average molecular weight is 370 g/mol. The Bertz CT molecular complexity index is 482. The van der Waals surface area contributed by atoms with Crippen molar-refractivity contribution in [1.29, 1.82) is 0 Å². The Morgan fingerprint density at radius 3 is 2.50 bits per heavy atom. The predicted octanol–water partition coefficient (Wildman–Crippen LogP) is 4.08. The number of phenolic OH excluding ortho intramolecular Hbond substituents is 1. The van der Waals surface area contributed by atoms with E-state index < -0.39 is 5.41 Å². The molecule has 0 saturated carbocycles. The van der Waals surface area contributed by atoms with Crippen molar-refractivity contribution in [3.63, 3.8) is 0 Å². The van der Waals surface area contributed by atoms with Gasteiger partial charge >= 0.3 is 0 Å². The van der Waals surface area contributed by atoms with E-state index in [4.69, 9.17) is 0 Å². The summed E-state index contributed by atoms with van der Waals surface area (Å²) in [5.74, 6) is 0.562. The van der Waals surface area contributed by atoms with Crippen LogP contribution in [0.2, 0.25) is 0 Å². The highest BCUT2D eigenvalue weighted by Crippen LogP contribution is 2.38. The quantitative estimate of drug-likeness (QED) is 0.820. The van der Waals surface area contributed by atoms with Crippen molar-refractivity contribution >= 4 is 22.8 Å². The summed E-state index contributed by atoms with van der Waals surface area (Å²) in [4.78, 5) is 15.1. The Labute approximate surface area is 144 Å². The Kier molecular flexibility index (Phi) is 7.57. The number of aromatic hydroxyl groups is 1. The molecule has 1 aromatic carbocycles. The number of carbonyl (C=O) groups is 1. The van der Waals surface area contributed by atoms with Crippen molar-refractivity contribution in [2.75, 3.05) is 19.6 Å². The van der Waals surface area contributed by atoms with Gasteiger partial charge in [0, 0.05) is 6.42 Å². The molecule has 1 aliphatic rings. The molecule has 0 atom stereocenters. The monoisotopic (exact) mass is 369 g/mol. The van der Waals surface area contributed by atoms with Crippen LogP contribution in [0.15, 0.2) is 24.3 Å². The third kappa shape index (κ3) is 4.11. The van der Waals surface area contributed by atoms with Gasteiger partial charge in [-0.1, -0.05) is 32.4 Å². The van der Waals surface area contributed by atoms with Crippen LogP contribution in [-0.4, -0.2) is 35.4 Å². The van der Waals surface area contributed by atoms with Crippen molar-refractivity contribution in [3.05, 3.63) is 29.8 Å². The van der Waals surface area contributed by atoms with Crippen molar-refractivity contribution in [3.8, 4) is 5.75 Å². The number of piperidine rings is 1. The largest absolute Gasteiger partial charge is 0.508 e.